The predicted octanol–water partition coefficient (Wildman–Crippen LogP) is 4.15. The minimum atomic E-state index is -0.359. The number of anilines is 1. The van der Waals surface area contributed by atoms with Gasteiger partial charge in [0.15, 0.2) is 10.9 Å². The summed E-state index contributed by atoms with van der Waals surface area (Å²) in [4.78, 5) is 16.7. The van der Waals surface area contributed by atoms with Crippen LogP contribution in [0.25, 0.3) is 0 Å². The van der Waals surface area contributed by atoms with E-state index in [1.165, 1.54) is 6.21 Å². The molecule has 9 heteroatoms. The van der Waals surface area contributed by atoms with Crippen LogP contribution in [0.2, 0.25) is 10.0 Å². The van der Waals surface area contributed by atoms with Crippen molar-refractivity contribution in [3.8, 4) is 5.75 Å². The number of aromatic nitrogens is 1. The highest BCUT2D eigenvalue weighted by Gasteiger charge is 2.15. The van der Waals surface area contributed by atoms with Crippen LogP contribution in [-0.2, 0) is 6.42 Å². The van der Waals surface area contributed by atoms with Gasteiger partial charge in [-0.05, 0) is 30.5 Å². The van der Waals surface area contributed by atoms with E-state index < -0.39 is 0 Å². The van der Waals surface area contributed by atoms with Crippen LogP contribution in [0.3, 0.4) is 0 Å². The van der Waals surface area contributed by atoms with E-state index in [2.05, 4.69) is 15.5 Å². The molecule has 3 N–H and O–H groups in total. The third-order valence-electron chi connectivity index (χ3n) is 3.11. The smallest absolute Gasteiger partial charge is 0.283 e. The van der Waals surface area contributed by atoms with Crippen LogP contribution in [0.1, 0.15) is 41.2 Å². The first-order chi connectivity index (χ1) is 12.0. The van der Waals surface area contributed by atoms with E-state index in [0.717, 1.165) is 17.8 Å². The van der Waals surface area contributed by atoms with Gasteiger partial charge in [0.05, 0.1) is 28.6 Å². The molecule has 1 aromatic carbocycles. The maximum absolute atomic E-state index is 12.2. The maximum Gasteiger partial charge on any atom is 0.283 e. The van der Waals surface area contributed by atoms with Crippen molar-refractivity contribution in [2.75, 3.05) is 12.3 Å². The largest absolute Gasteiger partial charge is 0.490 e. The fourth-order valence-electron chi connectivity index (χ4n) is 2.00. The molecule has 25 heavy (non-hydrogen) atoms. The lowest BCUT2D eigenvalue weighted by atomic mass is 10.2. The first-order valence-corrected chi connectivity index (χ1v) is 9.23. The van der Waals surface area contributed by atoms with Crippen LogP contribution in [-0.4, -0.2) is 23.7 Å². The van der Waals surface area contributed by atoms with Crippen LogP contribution in [0, 0.1) is 0 Å². The van der Waals surface area contributed by atoms with Crippen LogP contribution in [0.15, 0.2) is 17.2 Å². The summed E-state index contributed by atoms with van der Waals surface area (Å²) in [5, 5.41) is 5.06. The van der Waals surface area contributed by atoms with Gasteiger partial charge in [0.25, 0.3) is 5.91 Å². The number of nitrogen functional groups attached to an aromatic ring is 1. The van der Waals surface area contributed by atoms with Gasteiger partial charge < -0.3 is 10.5 Å². The SMILES string of the molecule is CCCOc1c(Cl)cc(/C=N\NC(=O)c2sc(N)nc2CC)cc1Cl. The van der Waals surface area contributed by atoms with Gasteiger partial charge in [-0.2, -0.15) is 5.10 Å². The summed E-state index contributed by atoms with van der Waals surface area (Å²) in [6.45, 7) is 4.42. The summed E-state index contributed by atoms with van der Waals surface area (Å²) in [7, 11) is 0. The third-order valence-corrected chi connectivity index (χ3v) is 4.59. The van der Waals surface area contributed by atoms with Crippen LogP contribution in [0.4, 0.5) is 5.13 Å². The summed E-state index contributed by atoms with van der Waals surface area (Å²) < 4.78 is 5.50. The van der Waals surface area contributed by atoms with Crippen molar-refractivity contribution in [1.82, 2.24) is 10.4 Å². The Morgan fingerprint density at radius 1 is 1.40 bits per heavy atom. The lowest BCUT2D eigenvalue weighted by Crippen LogP contribution is -2.17. The second-order valence-electron chi connectivity index (χ2n) is 5.04. The molecule has 0 spiro atoms. The van der Waals surface area contributed by atoms with E-state index >= 15 is 0 Å². The van der Waals surface area contributed by atoms with Crippen molar-refractivity contribution in [2.24, 2.45) is 5.10 Å². The average Bonchev–Trinajstić information content (AvgIpc) is 2.95. The highest BCUT2D eigenvalue weighted by molar-refractivity contribution is 7.17. The number of halogens is 2. The Balaban J connectivity index is 2.08. The highest BCUT2D eigenvalue weighted by atomic mass is 35.5. The lowest BCUT2D eigenvalue weighted by Gasteiger charge is -2.09. The Labute approximate surface area is 160 Å². The van der Waals surface area contributed by atoms with Crippen LogP contribution < -0.4 is 15.9 Å². The molecule has 2 rings (SSSR count). The zero-order valence-electron chi connectivity index (χ0n) is 13.8. The third kappa shape index (κ3) is 5.07. The molecule has 0 aliphatic carbocycles. The normalized spacial score (nSPS) is 11.0. The van der Waals surface area contributed by atoms with Gasteiger partial charge in [-0.3, -0.25) is 4.79 Å². The predicted molar refractivity (Wildman–Crippen MR) is 103 cm³/mol. The summed E-state index contributed by atoms with van der Waals surface area (Å²) in [6.07, 6.45) is 2.92. The molecule has 0 saturated heterocycles. The molecule has 0 aliphatic rings. The van der Waals surface area contributed by atoms with Crippen molar-refractivity contribution in [1.29, 1.82) is 0 Å². The van der Waals surface area contributed by atoms with Gasteiger partial charge in [-0.25, -0.2) is 10.4 Å². The van der Waals surface area contributed by atoms with E-state index in [1.807, 2.05) is 13.8 Å². The van der Waals surface area contributed by atoms with Gasteiger partial charge >= 0.3 is 0 Å². The first-order valence-electron chi connectivity index (χ1n) is 7.66. The number of nitrogens with one attached hydrogen (secondary N) is 1. The molecule has 0 radical (unpaired) electrons. The quantitative estimate of drug-likeness (QED) is 0.539. The molecular formula is C16H18Cl2N4O2S. The average molecular weight is 401 g/mol. The van der Waals surface area contributed by atoms with Crippen LogP contribution >= 0.6 is 34.5 Å². The van der Waals surface area contributed by atoms with Crippen molar-refractivity contribution in [3.63, 3.8) is 0 Å². The standard InChI is InChI=1S/C16H18Cl2N4O2S/c1-3-5-24-13-10(17)6-9(7-11(13)18)8-20-22-15(23)14-12(4-2)21-16(19)25-14/h6-8H,3-5H2,1-2H3,(H2,19,21)(H,22,23)/b20-8-. The zero-order valence-corrected chi connectivity index (χ0v) is 16.1. The van der Waals surface area contributed by atoms with Crippen molar-refractivity contribution >= 4 is 51.8 Å². The molecule has 0 unspecified atom stereocenters. The number of hydrazone groups is 1. The number of hydrogen-bond acceptors (Lipinski definition) is 6. The molecule has 0 fully saturated rings. The Bertz CT molecular complexity index is 769. The molecular weight excluding hydrogens is 383 g/mol. The topological polar surface area (TPSA) is 89.6 Å². The van der Waals surface area contributed by atoms with Crippen molar-refractivity contribution in [2.45, 2.75) is 26.7 Å². The summed E-state index contributed by atoms with van der Waals surface area (Å²) in [5.74, 6) is 0.0847. The monoisotopic (exact) mass is 400 g/mol. The molecule has 1 aromatic heterocycles. The fourth-order valence-corrected chi connectivity index (χ4v) is 3.42. The second-order valence-corrected chi connectivity index (χ2v) is 6.89. The Kier molecular flexibility index (Phi) is 7.04. The van der Waals surface area contributed by atoms with E-state index in [9.17, 15) is 4.79 Å². The minimum absolute atomic E-state index is 0.354. The van der Waals surface area contributed by atoms with Gasteiger partial charge in [-0.15, -0.1) is 0 Å². The number of nitrogens with zero attached hydrogens (tertiary/aromatic N) is 2. The Morgan fingerprint density at radius 3 is 2.68 bits per heavy atom. The van der Waals surface area contributed by atoms with E-state index in [1.54, 1.807) is 12.1 Å². The fraction of sp³-hybridized carbons (Fsp3) is 0.312. The van der Waals surface area contributed by atoms with E-state index in [0.29, 0.717) is 50.1 Å². The summed E-state index contributed by atoms with van der Waals surface area (Å²) in [5.41, 5.74) is 9.38. The lowest BCUT2D eigenvalue weighted by molar-refractivity contribution is 0.0958. The van der Waals surface area contributed by atoms with Gasteiger partial charge in [0.2, 0.25) is 0 Å². The molecule has 0 bridgehead atoms. The number of carbonyl (C=O) groups excluding carboxylic acids is 1. The molecule has 2 aromatic rings. The van der Waals surface area contributed by atoms with Crippen molar-refractivity contribution in [3.05, 3.63) is 38.3 Å². The molecule has 6 nitrogen and oxygen atoms in total. The number of carbonyl (C=O) groups is 1. The number of benzene rings is 1. The first kappa shape index (κ1) is 19.5. The molecule has 1 heterocycles. The molecule has 1 amide bonds. The number of hydrogen-bond donors (Lipinski definition) is 2. The number of thiazole rings is 1. The maximum atomic E-state index is 12.2. The molecule has 0 aliphatic heterocycles. The zero-order chi connectivity index (χ0) is 18.4. The van der Waals surface area contributed by atoms with E-state index in [4.69, 9.17) is 33.7 Å². The minimum Gasteiger partial charge on any atom is -0.490 e. The van der Waals surface area contributed by atoms with Gasteiger partial charge in [0.1, 0.15) is 4.88 Å². The molecule has 0 atom stereocenters. The molecule has 134 valence electrons. The highest BCUT2D eigenvalue weighted by Crippen LogP contribution is 2.33. The summed E-state index contributed by atoms with van der Waals surface area (Å²) in [6, 6.07) is 3.33. The Morgan fingerprint density at radius 2 is 2.08 bits per heavy atom. The number of ether oxygens (including phenoxy) is 1. The number of rotatable bonds is 7. The summed E-state index contributed by atoms with van der Waals surface area (Å²) >= 11 is 13.5. The second kappa shape index (κ2) is 9.03. The Hall–Kier alpha value is -1.83. The van der Waals surface area contributed by atoms with Crippen LogP contribution in [0.5, 0.6) is 5.75 Å². The van der Waals surface area contributed by atoms with E-state index in [-0.39, 0.29) is 5.91 Å². The number of nitrogens with two attached hydrogens (primary N) is 1. The van der Waals surface area contributed by atoms with Gasteiger partial charge in [0, 0.05) is 0 Å². The number of aryl methyl sites for hydroxylation is 1. The van der Waals surface area contributed by atoms with Crippen molar-refractivity contribution < 1.29 is 9.53 Å². The van der Waals surface area contributed by atoms with Gasteiger partial charge in [-0.1, -0.05) is 48.4 Å². The molecule has 0 saturated carbocycles. The number of amides is 1.